The first-order chi connectivity index (χ1) is 19.6. The van der Waals surface area contributed by atoms with Crippen LogP contribution in [0.25, 0.3) is 0 Å². The third-order valence-corrected chi connectivity index (χ3v) is 7.91. The highest BCUT2D eigenvalue weighted by molar-refractivity contribution is 5.79. The molecule has 7 heteroatoms. The number of amides is 1. The predicted octanol–water partition coefficient (Wildman–Crippen LogP) is 6.61. The van der Waals surface area contributed by atoms with E-state index in [-0.39, 0.29) is 23.8 Å². The van der Waals surface area contributed by atoms with Crippen molar-refractivity contribution in [2.75, 3.05) is 34.5 Å². The van der Waals surface area contributed by atoms with Gasteiger partial charge in [0.05, 0.1) is 33.0 Å². The van der Waals surface area contributed by atoms with Crippen LogP contribution in [0.5, 0.6) is 17.2 Å². The van der Waals surface area contributed by atoms with E-state index in [9.17, 15) is 9.90 Å². The molecule has 0 saturated carbocycles. The van der Waals surface area contributed by atoms with Gasteiger partial charge in [0.25, 0.3) is 0 Å². The van der Waals surface area contributed by atoms with Gasteiger partial charge in [-0.15, -0.1) is 0 Å². The molecule has 230 valence electrons. The molecule has 0 saturated heterocycles. The Morgan fingerprint density at radius 1 is 0.878 bits per heavy atom. The maximum Gasteiger partial charge on any atom is 0.223 e. The average molecular weight is 572 g/mol. The zero-order chi connectivity index (χ0) is 30.4. The SMILES string of the molecule is COCCCOc1cc(CC(CC[C@@H](O)CC(C(=O)N[C@H](C)c2cccc(OC)c2)C(C)C)C(C)C)ccc1OC. The lowest BCUT2D eigenvalue weighted by atomic mass is 9.82. The van der Waals surface area contributed by atoms with Gasteiger partial charge in [-0.1, -0.05) is 45.9 Å². The normalized spacial score (nSPS) is 14.4. The number of aliphatic hydroxyl groups is 1. The predicted molar refractivity (Wildman–Crippen MR) is 165 cm³/mol. The molecule has 2 rings (SSSR count). The highest BCUT2D eigenvalue weighted by Gasteiger charge is 2.27. The Morgan fingerprint density at radius 3 is 2.27 bits per heavy atom. The molecule has 7 nitrogen and oxygen atoms in total. The van der Waals surface area contributed by atoms with Crippen molar-refractivity contribution in [2.24, 2.45) is 23.7 Å². The fourth-order valence-electron chi connectivity index (χ4n) is 5.13. The second kappa shape index (κ2) is 17.9. The fraction of sp³-hybridized carbons (Fsp3) is 0.618. The van der Waals surface area contributed by atoms with Crippen LogP contribution in [0.1, 0.15) is 77.5 Å². The van der Waals surface area contributed by atoms with Crippen molar-refractivity contribution in [3.05, 3.63) is 53.6 Å². The number of methoxy groups -OCH3 is 3. The van der Waals surface area contributed by atoms with E-state index in [4.69, 9.17) is 18.9 Å². The largest absolute Gasteiger partial charge is 0.497 e. The van der Waals surface area contributed by atoms with Gasteiger partial charge < -0.3 is 29.4 Å². The topological polar surface area (TPSA) is 86.2 Å². The number of aliphatic hydroxyl groups excluding tert-OH is 1. The maximum atomic E-state index is 13.3. The van der Waals surface area contributed by atoms with Gasteiger partial charge in [-0.25, -0.2) is 0 Å². The van der Waals surface area contributed by atoms with Gasteiger partial charge in [-0.05, 0) is 85.8 Å². The third-order valence-electron chi connectivity index (χ3n) is 7.91. The summed E-state index contributed by atoms with van der Waals surface area (Å²) in [4.78, 5) is 13.3. The van der Waals surface area contributed by atoms with Crippen molar-refractivity contribution in [2.45, 2.75) is 78.9 Å². The van der Waals surface area contributed by atoms with Crippen molar-refractivity contribution >= 4 is 5.91 Å². The van der Waals surface area contributed by atoms with E-state index >= 15 is 0 Å². The molecule has 0 spiro atoms. The van der Waals surface area contributed by atoms with Crippen LogP contribution in [0.4, 0.5) is 0 Å². The minimum atomic E-state index is -0.544. The second-order valence-corrected chi connectivity index (χ2v) is 11.7. The lowest BCUT2D eigenvalue weighted by Gasteiger charge is -2.27. The van der Waals surface area contributed by atoms with Gasteiger partial charge in [0.1, 0.15) is 5.75 Å². The molecule has 2 unspecified atom stereocenters. The molecule has 0 heterocycles. The van der Waals surface area contributed by atoms with Crippen molar-refractivity contribution in [1.82, 2.24) is 5.32 Å². The van der Waals surface area contributed by atoms with Gasteiger partial charge in [-0.3, -0.25) is 4.79 Å². The summed E-state index contributed by atoms with van der Waals surface area (Å²) in [5.41, 5.74) is 2.18. The summed E-state index contributed by atoms with van der Waals surface area (Å²) in [5, 5.41) is 14.2. The molecule has 2 N–H and O–H groups in total. The number of carbonyl (C=O) groups excluding carboxylic acids is 1. The van der Waals surface area contributed by atoms with Crippen LogP contribution in [-0.4, -0.2) is 51.7 Å². The summed E-state index contributed by atoms with van der Waals surface area (Å²) < 4.78 is 21.9. The van der Waals surface area contributed by atoms with Crippen molar-refractivity contribution in [3.63, 3.8) is 0 Å². The van der Waals surface area contributed by atoms with E-state index in [0.29, 0.717) is 37.9 Å². The Kier molecular flexibility index (Phi) is 15.0. The summed E-state index contributed by atoms with van der Waals surface area (Å²) in [6, 6.07) is 13.7. The molecule has 2 aromatic rings. The Bertz CT molecular complexity index is 1040. The minimum absolute atomic E-state index is 0.0222. The molecule has 0 radical (unpaired) electrons. The highest BCUT2D eigenvalue weighted by atomic mass is 16.5. The first-order valence-corrected chi connectivity index (χ1v) is 15.0. The van der Waals surface area contributed by atoms with E-state index in [2.05, 4.69) is 31.3 Å². The molecule has 0 aromatic heterocycles. The Morgan fingerprint density at radius 2 is 1.63 bits per heavy atom. The van der Waals surface area contributed by atoms with E-state index in [1.54, 1.807) is 21.3 Å². The summed E-state index contributed by atoms with van der Waals surface area (Å²) in [6.07, 6.45) is 3.13. The number of hydrogen-bond donors (Lipinski definition) is 2. The van der Waals surface area contributed by atoms with E-state index in [1.165, 1.54) is 5.56 Å². The van der Waals surface area contributed by atoms with Crippen molar-refractivity contribution in [1.29, 1.82) is 0 Å². The van der Waals surface area contributed by atoms with Crippen LogP contribution in [0.3, 0.4) is 0 Å². The molecule has 41 heavy (non-hydrogen) atoms. The summed E-state index contributed by atoms with van der Waals surface area (Å²) in [7, 11) is 4.97. The van der Waals surface area contributed by atoms with E-state index in [1.807, 2.05) is 51.1 Å². The first kappa shape index (κ1) is 34.4. The van der Waals surface area contributed by atoms with Crippen molar-refractivity contribution in [3.8, 4) is 17.2 Å². The monoisotopic (exact) mass is 571 g/mol. The number of rotatable bonds is 19. The van der Waals surface area contributed by atoms with Crippen LogP contribution in [0.2, 0.25) is 0 Å². The van der Waals surface area contributed by atoms with E-state index < -0.39 is 6.10 Å². The first-order valence-electron chi connectivity index (χ1n) is 15.0. The summed E-state index contributed by atoms with van der Waals surface area (Å²) in [5.74, 6) is 2.89. The number of nitrogens with one attached hydrogen (secondary N) is 1. The quantitative estimate of drug-likeness (QED) is 0.185. The van der Waals surface area contributed by atoms with Crippen LogP contribution >= 0.6 is 0 Å². The molecule has 2 aromatic carbocycles. The van der Waals surface area contributed by atoms with E-state index in [0.717, 1.165) is 42.1 Å². The number of benzene rings is 2. The molecule has 0 aliphatic carbocycles. The zero-order valence-corrected chi connectivity index (χ0v) is 26.4. The van der Waals surface area contributed by atoms with Gasteiger partial charge in [0, 0.05) is 26.1 Å². The number of carbonyl (C=O) groups is 1. The molecule has 0 fully saturated rings. The van der Waals surface area contributed by atoms with Gasteiger partial charge in [0.15, 0.2) is 11.5 Å². The minimum Gasteiger partial charge on any atom is -0.497 e. The maximum absolute atomic E-state index is 13.3. The van der Waals surface area contributed by atoms with Gasteiger partial charge in [0.2, 0.25) is 5.91 Å². The average Bonchev–Trinajstić information content (AvgIpc) is 2.95. The molecule has 4 atom stereocenters. The fourth-order valence-corrected chi connectivity index (χ4v) is 5.13. The Balaban J connectivity index is 1.98. The Labute approximate surface area is 247 Å². The van der Waals surface area contributed by atoms with Crippen LogP contribution in [0, 0.1) is 23.7 Å². The Hall–Kier alpha value is -2.77. The molecule has 0 aliphatic heterocycles. The number of ether oxygens (including phenoxy) is 4. The molecule has 0 aliphatic rings. The molecular formula is C34H53NO6. The zero-order valence-electron chi connectivity index (χ0n) is 26.4. The lowest BCUT2D eigenvalue weighted by molar-refractivity contribution is -0.128. The van der Waals surface area contributed by atoms with Gasteiger partial charge >= 0.3 is 0 Å². The van der Waals surface area contributed by atoms with Crippen molar-refractivity contribution < 1.29 is 28.8 Å². The molecular weight excluding hydrogens is 518 g/mol. The smallest absolute Gasteiger partial charge is 0.223 e. The standard InChI is InChI=1S/C34H53NO6/c1-23(2)27(19-26-13-16-32(40-8)33(20-26)41-18-10-17-38-6)14-15-29(36)22-31(24(3)4)34(37)35-25(5)28-11-9-12-30(21-28)39-7/h9,11-13,16,20-21,23-25,27,29,31,36H,10,14-15,17-19,22H2,1-8H3,(H,35,37)/t25-,27?,29-,31?/m1/s1. The third kappa shape index (κ3) is 11.6. The second-order valence-electron chi connectivity index (χ2n) is 11.7. The number of hydrogen-bond acceptors (Lipinski definition) is 6. The molecule has 1 amide bonds. The van der Waals surface area contributed by atoms with Crippen LogP contribution < -0.4 is 19.5 Å². The summed E-state index contributed by atoms with van der Waals surface area (Å²) >= 11 is 0. The van der Waals surface area contributed by atoms with Crippen LogP contribution in [0.15, 0.2) is 42.5 Å². The molecule has 0 bridgehead atoms. The lowest BCUT2D eigenvalue weighted by Crippen LogP contribution is -2.37. The van der Waals surface area contributed by atoms with Gasteiger partial charge in [-0.2, -0.15) is 0 Å². The highest BCUT2D eigenvalue weighted by Crippen LogP contribution is 2.32. The van der Waals surface area contributed by atoms with Crippen LogP contribution in [-0.2, 0) is 16.0 Å². The summed E-state index contributed by atoms with van der Waals surface area (Å²) in [6.45, 7) is 11.7.